The summed E-state index contributed by atoms with van der Waals surface area (Å²) in [4.78, 5) is 13.9. The monoisotopic (exact) mass is 406 g/mol. The largest absolute Gasteiger partial charge is 0.444 e. The van der Waals surface area contributed by atoms with Gasteiger partial charge in [0.05, 0.1) is 5.56 Å². The Morgan fingerprint density at radius 1 is 1.22 bits per heavy atom. The van der Waals surface area contributed by atoms with E-state index in [1.54, 1.807) is 4.90 Å². The summed E-state index contributed by atoms with van der Waals surface area (Å²) in [5.74, 6) is 0.635. The molecular weight excluding hydrogens is 385 g/mol. The Hall–Kier alpha value is -1.77. The van der Waals surface area contributed by atoms with Crippen LogP contribution in [0.15, 0.2) is 6.07 Å². The fourth-order valence-electron chi connectivity index (χ4n) is 3.75. The number of alkyl halides is 3. The van der Waals surface area contributed by atoms with Crippen molar-refractivity contribution in [2.45, 2.75) is 51.4 Å². The molecule has 150 valence electrons. The average molecular weight is 407 g/mol. The van der Waals surface area contributed by atoms with E-state index in [0.29, 0.717) is 13.1 Å². The molecule has 3 atom stereocenters. The zero-order valence-corrected chi connectivity index (χ0v) is 16.1. The first-order valence-corrected chi connectivity index (χ1v) is 9.15. The van der Waals surface area contributed by atoms with Gasteiger partial charge in [-0.2, -0.15) is 13.2 Å². The van der Waals surface area contributed by atoms with Gasteiger partial charge in [0.15, 0.2) is 5.15 Å². The highest BCUT2D eigenvalue weighted by molar-refractivity contribution is 6.30. The van der Waals surface area contributed by atoms with Crippen LogP contribution in [0.1, 0.15) is 39.2 Å². The number of hydrogen-bond acceptors (Lipinski definition) is 5. The predicted molar refractivity (Wildman–Crippen MR) is 93.5 cm³/mol. The van der Waals surface area contributed by atoms with Crippen LogP contribution in [-0.2, 0) is 10.9 Å². The van der Waals surface area contributed by atoms with E-state index < -0.39 is 22.5 Å². The van der Waals surface area contributed by atoms with Crippen molar-refractivity contribution in [2.24, 2.45) is 11.8 Å². The van der Waals surface area contributed by atoms with E-state index in [-0.39, 0.29) is 29.8 Å². The molecule has 10 heteroatoms. The fraction of sp³-hybridized carbons (Fsp3) is 0.706. The highest BCUT2D eigenvalue weighted by Crippen LogP contribution is 2.40. The molecule has 0 bridgehead atoms. The van der Waals surface area contributed by atoms with Gasteiger partial charge in [0, 0.05) is 19.1 Å². The number of amides is 1. The van der Waals surface area contributed by atoms with Gasteiger partial charge in [-0.05, 0) is 51.5 Å². The SMILES string of the molecule is CC(C)(C)OC(=O)N1C[C@H]2CC(Nc3cc(C(F)(F)F)c(Cl)nn3)C[C@H]2C1. The molecule has 2 fully saturated rings. The molecule has 0 spiro atoms. The van der Waals surface area contributed by atoms with Gasteiger partial charge in [-0.15, -0.1) is 10.2 Å². The molecule has 3 rings (SSSR count). The highest BCUT2D eigenvalue weighted by Gasteiger charge is 2.43. The normalized spacial score (nSPS) is 25.4. The molecule has 1 aromatic rings. The van der Waals surface area contributed by atoms with Crippen molar-refractivity contribution >= 4 is 23.5 Å². The number of likely N-dealkylation sites (tertiary alicyclic amines) is 1. The molecule has 0 aromatic carbocycles. The number of aromatic nitrogens is 2. The lowest BCUT2D eigenvalue weighted by Crippen LogP contribution is -2.36. The highest BCUT2D eigenvalue weighted by atomic mass is 35.5. The summed E-state index contributed by atoms with van der Waals surface area (Å²) in [7, 11) is 0. The van der Waals surface area contributed by atoms with Gasteiger partial charge in [-0.1, -0.05) is 11.6 Å². The van der Waals surface area contributed by atoms with Gasteiger partial charge in [0.1, 0.15) is 11.4 Å². The van der Waals surface area contributed by atoms with Crippen LogP contribution in [0.4, 0.5) is 23.8 Å². The van der Waals surface area contributed by atoms with Crippen LogP contribution in [0.25, 0.3) is 0 Å². The Kier molecular flexibility index (Phi) is 5.18. The van der Waals surface area contributed by atoms with Gasteiger partial charge in [0.25, 0.3) is 0 Å². The minimum Gasteiger partial charge on any atom is -0.444 e. The second kappa shape index (κ2) is 7.00. The molecule has 1 aliphatic heterocycles. The van der Waals surface area contributed by atoms with Gasteiger partial charge in [0.2, 0.25) is 0 Å². The van der Waals surface area contributed by atoms with Crippen LogP contribution in [-0.4, -0.2) is 45.9 Å². The maximum absolute atomic E-state index is 12.9. The number of carbonyl (C=O) groups is 1. The minimum absolute atomic E-state index is 0.0163. The number of fused-ring (bicyclic) bond motifs is 1. The molecule has 2 heterocycles. The molecule has 2 aliphatic rings. The first-order chi connectivity index (χ1) is 12.4. The molecular formula is C17H22ClF3N4O2. The second-order valence-electron chi connectivity index (χ2n) is 8.15. The topological polar surface area (TPSA) is 67.3 Å². The summed E-state index contributed by atoms with van der Waals surface area (Å²) < 4.78 is 44.2. The van der Waals surface area contributed by atoms with Gasteiger partial charge >= 0.3 is 12.3 Å². The molecule has 27 heavy (non-hydrogen) atoms. The Bertz CT molecular complexity index is 709. The lowest BCUT2D eigenvalue weighted by Gasteiger charge is -2.25. The van der Waals surface area contributed by atoms with Crippen molar-refractivity contribution in [1.29, 1.82) is 0 Å². The Labute approximate surface area is 160 Å². The third-order valence-electron chi connectivity index (χ3n) is 4.81. The number of anilines is 1. The summed E-state index contributed by atoms with van der Waals surface area (Å²) in [5.41, 5.74) is -1.54. The van der Waals surface area contributed by atoms with Gasteiger partial charge in [-0.3, -0.25) is 0 Å². The van der Waals surface area contributed by atoms with Crippen LogP contribution >= 0.6 is 11.6 Å². The van der Waals surface area contributed by atoms with Crippen molar-refractivity contribution in [1.82, 2.24) is 15.1 Å². The molecule has 6 nitrogen and oxygen atoms in total. The number of ether oxygens (including phenoxy) is 1. The maximum atomic E-state index is 12.9. The van der Waals surface area contributed by atoms with Crippen LogP contribution in [0.5, 0.6) is 0 Å². The van der Waals surface area contributed by atoms with Crippen molar-refractivity contribution in [2.75, 3.05) is 18.4 Å². The van der Waals surface area contributed by atoms with Crippen LogP contribution in [0, 0.1) is 11.8 Å². The molecule has 1 N–H and O–H groups in total. The van der Waals surface area contributed by atoms with Gasteiger partial charge < -0.3 is 15.0 Å². The lowest BCUT2D eigenvalue weighted by atomic mass is 10.0. The first kappa shape index (κ1) is 20.0. The van der Waals surface area contributed by atoms with Crippen LogP contribution < -0.4 is 5.32 Å². The lowest BCUT2D eigenvalue weighted by molar-refractivity contribution is -0.137. The van der Waals surface area contributed by atoms with E-state index in [9.17, 15) is 18.0 Å². The number of rotatable bonds is 2. The molecule has 1 saturated heterocycles. The Morgan fingerprint density at radius 3 is 2.33 bits per heavy atom. The molecule has 0 radical (unpaired) electrons. The zero-order chi connectivity index (χ0) is 20.0. The summed E-state index contributed by atoms with van der Waals surface area (Å²) in [6, 6.07) is 0.869. The van der Waals surface area contributed by atoms with Crippen molar-refractivity contribution < 1.29 is 22.7 Å². The van der Waals surface area contributed by atoms with E-state index in [2.05, 4.69) is 15.5 Å². The quantitative estimate of drug-likeness (QED) is 0.797. The van der Waals surface area contributed by atoms with E-state index in [1.165, 1.54) is 0 Å². The van der Waals surface area contributed by atoms with E-state index >= 15 is 0 Å². The number of nitrogens with one attached hydrogen (secondary N) is 1. The fourth-order valence-corrected chi connectivity index (χ4v) is 3.95. The number of hydrogen-bond donors (Lipinski definition) is 1. The number of halogens is 4. The van der Waals surface area contributed by atoms with E-state index in [4.69, 9.17) is 16.3 Å². The summed E-state index contributed by atoms with van der Waals surface area (Å²) in [5, 5.41) is 9.47. The van der Waals surface area contributed by atoms with Crippen LogP contribution in [0.3, 0.4) is 0 Å². The Morgan fingerprint density at radius 2 is 1.81 bits per heavy atom. The summed E-state index contributed by atoms with van der Waals surface area (Å²) >= 11 is 5.50. The van der Waals surface area contributed by atoms with Crippen molar-refractivity contribution in [3.63, 3.8) is 0 Å². The third kappa shape index (κ3) is 4.75. The maximum Gasteiger partial charge on any atom is 0.419 e. The second-order valence-corrected chi connectivity index (χ2v) is 8.51. The summed E-state index contributed by atoms with van der Waals surface area (Å²) in [6.45, 7) is 6.66. The van der Waals surface area contributed by atoms with Crippen molar-refractivity contribution in [3.05, 3.63) is 16.8 Å². The third-order valence-corrected chi connectivity index (χ3v) is 5.09. The van der Waals surface area contributed by atoms with E-state index in [1.807, 2.05) is 20.8 Å². The van der Waals surface area contributed by atoms with Gasteiger partial charge in [-0.25, -0.2) is 4.79 Å². The number of nitrogens with zero attached hydrogens (tertiary/aromatic N) is 3. The molecule has 1 saturated carbocycles. The zero-order valence-electron chi connectivity index (χ0n) is 15.3. The summed E-state index contributed by atoms with van der Waals surface area (Å²) in [6.07, 6.45) is -3.41. The number of carbonyl (C=O) groups excluding carboxylic acids is 1. The molecule has 1 unspecified atom stereocenters. The molecule has 1 aromatic heterocycles. The predicted octanol–water partition coefficient (Wildman–Crippen LogP) is 4.21. The Balaban J connectivity index is 1.58. The molecule has 1 amide bonds. The smallest absolute Gasteiger partial charge is 0.419 e. The molecule has 1 aliphatic carbocycles. The average Bonchev–Trinajstić information content (AvgIpc) is 3.04. The van der Waals surface area contributed by atoms with Crippen molar-refractivity contribution in [3.8, 4) is 0 Å². The first-order valence-electron chi connectivity index (χ1n) is 8.77. The van der Waals surface area contributed by atoms with Crippen LogP contribution in [0.2, 0.25) is 5.15 Å². The standard InChI is InChI=1S/C17H22ClF3N4O2/c1-16(2,3)27-15(26)25-7-9-4-11(5-10(9)8-25)22-13-6-12(17(19,20)21)14(18)24-23-13/h6,9-11H,4-5,7-8H2,1-3H3,(H,22,23)/t9-,10+,11?. The minimum atomic E-state index is -4.58. The van der Waals surface area contributed by atoms with E-state index in [0.717, 1.165) is 18.9 Å².